The topological polar surface area (TPSA) is 32.3 Å². The van der Waals surface area contributed by atoms with Crippen LogP contribution >= 0.6 is 11.6 Å². The summed E-state index contributed by atoms with van der Waals surface area (Å²) in [4.78, 5) is 14.7. The number of amides is 1. The molecule has 1 N–H and O–H groups in total. The van der Waals surface area contributed by atoms with Crippen molar-refractivity contribution >= 4 is 28.9 Å². The molecule has 0 aromatic heterocycles. The summed E-state index contributed by atoms with van der Waals surface area (Å²) in [6.07, 6.45) is 7.23. The number of rotatable bonds is 0. The first-order valence-electron chi connectivity index (χ1n) is 7.63. The van der Waals surface area contributed by atoms with Crippen LogP contribution in [0, 0.1) is 5.92 Å². The van der Waals surface area contributed by atoms with Gasteiger partial charge in [0.05, 0.1) is 16.4 Å². The van der Waals surface area contributed by atoms with Gasteiger partial charge in [0.15, 0.2) is 0 Å². The molecule has 0 radical (unpaired) electrons. The number of carbonyl (C=O) groups is 1. The van der Waals surface area contributed by atoms with Crippen LogP contribution in [0.15, 0.2) is 18.2 Å². The van der Waals surface area contributed by atoms with E-state index in [4.69, 9.17) is 11.6 Å². The van der Waals surface area contributed by atoms with Gasteiger partial charge in [0.1, 0.15) is 6.04 Å². The predicted octanol–water partition coefficient (Wildman–Crippen LogP) is 3.82. The highest BCUT2D eigenvalue weighted by molar-refractivity contribution is 6.34. The zero-order valence-electron chi connectivity index (χ0n) is 11.4. The number of hydrogen-bond acceptors (Lipinski definition) is 2. The van der Waals surface area contributed by atoms with Gasteiger partial charge in [-0.2, -0.15) is 0 Å². The Hall–Kier alpha value is -1.22. The molecule has 1 aromatic rings. The van der Waals surface area contributed by atoms with Gasteiger partial charge in [-0.3, -0.25) is 4.79 Å². The van der Waals surface area contributed by atoms with Crippen LogP contribution in [0.2, 0.25) is 5.02 Å². The minimum Gasteiger partial charge on any atom is -0.353 e. The third-order valence-electron chi connectivity index (χ3n) is 5.18. The number of piperidine rings is 1. The van der Waals surface area contributed by atoms with Crippen LogP contribution in [0.5, 0.6) is 0 Å². The van der Waals surface area contributed by atoms with E-state index in [-0.39, 0.29) is 11.9 Å². The minimum atomic E-state index is -0.0262. The summed E-state index contributed by atoms with van der Waals surface area (Å²) in [5.41, 5.74) is 1.93. The van der Waals surface area contributed by atoms with Gasteiger partial charge in [0.2, 0.25) is 5.91 Å². The number of nitrogens with zero attached hydrogens (tertiary/aromatic N) is 1. The molecule has 2 aliphatic heterocycles. The third-order valence-corrected chi connectivity index (χ3v) is 5.48. The van der Waals surface area contributed by atoms with Gasteiger partial charge in [-0.05, 0) is 43.7 Å². The van der Waals surface area contributed by atoms with Gasteiger partial charge in [0, 0.05) is 6.04 Å². The van der Waals surface area contributed by atoms with Gasteiger partial charge < -0.3 is 10.2 Å². The number of halogens is 1. The molecule has 4 rings (SSSR count). The Labute approximate surface area is 124 Å². The third kappa shape index (κ3) is 1.76. The van der Waals surface area contributed by atoms with Gasteiger partial charge in [0.25, 0.3) is 0 Å². The molecule has 1 saturated carbocycles. The van der Waals surface area contributed by atoms with Crippen LogP contribution < -0.4 is 10.2 Å². The summed E-state index contributed by atoms with van der Waals surface area (Å²) in [5, 5.41) is 3.79. The maximum atomic E-state index is 12.4. The molecule has 106 valence electrons. The monoisotopic (exact) mass is 290 g/mol. The Morgan fingerprint density at radius 3 is 2.90 bits per heavy atom. The first kappa shape index (κ1) is 12.5. The molecule has 20 heavy (non-hydrogen) atoms. The maximum Gasteiger partial charge on any atom is 0.247 e. The Morgan fingerprint density at radius 1 is 1.15 bits per heavy atom. The molecule has 3 nitrogen and oxygen atoms in total. The number of nitrogens with one attached hydrogen (secondary N) is 1. The molecule has 3 unspecified atom stereocenters. The lowest BCUT2D eigenvalue weighted by atomic mass is 9.75. The molecule has 0 spiro atoms. The SMILES string of the molecule is O=C1Nc2cccc(Cl)c2N2C1CCC1CCCCC12. The zero-order chi connectivity index (χ0) is 13.7. The van der Waals surface area contributed by atoms with E-state index in [9.17, 15) is 4.79 Å². The molecule has 3 aliphatic rings. The minimum absolute atomic E-state index is 0.0262. The zero-order valence-corrected chi connectivity index (χ0v) is 12.2. The molecule has 3 atom stereocenters. The quantitative estimate of drug-likeness (QED) is 0.788. The van der Waals surface area contributed by atoms with Crippen LogP contribution in [0.4, 0.5) is 11.4 Å². The standard InChI is InChI=1S/C16H19ClN2O/c17-11-5-3-6-12-15(11)19-13-7-2-1-4-10(13)8-9-14(19)16(20)18-12/h3,5-6,10,13-14H,1-2,4,7-9H2,(H,18,20). The number of carbonyl (C=O) groups excluding carboxylic acids is 1. The second kappa shape index (κ2) is 4.66. The lowest BCUT2D eigenvalue weighted by Gasteiger charge is -2.51. The van der Waals surface area contributed by atoms with Gasteiger partial charge in [-0.15, -0.1) is 0 Å². The molecule has 4 heteroatoms. The van der Waals surface area contributed by atoms with E-state index in [1.165, 1.54) is 32.1 Å². The molecular formula is C16H19ClN2O. The van der Waals surface area contributed by atoms with Gasteiger partial charge in [-0.25, -0.2) is 0 Å². The summed E-state index contributed by atoms with van der Waals surface area (Å²) in [7, 11) is 0. The van der Waals surface area contributed by atoms with Crippen LogP contribution in [0.3, 0.4) is 0 Å². The van der Waals surface area contributed by atoms with Crippen molar-refractivity contribution in [2.75, 3.05) is 10.2 Å². The summed E-state index contributed by atoms with van der Waals surface area (Å²) >= 11 is 6.45. The van der Waals surface area contributed by atoms with Crippen LogP contribution in [0.1, 0.15) is 38.5 Å². The van der Waals surface area contributed by atoms with E-state index in [2.05, 4.69) is 10.2 Å². The normalized spacial score (nSPS) is 31.9. The highest BCUT2D eigenvalue weighted by Crippen LogP contribution is 2.47. The maximum absolute atomic E-state index is 12.4. The average molecular weight is 291 g/mol. The van der Waals surface area contributed by atoms with Crippen LogP contribution in [0.25, 0.3) is 0 Å². The number of anilines is 2. The number of benzene rings is 1. The van der Waals surface area contributed by atoms with Crippen LogP contribution in [-0.4, -0.2) is 18.0 Å². The van der Waals surface area contributed by atoms with Crippen molar-refractivity contribution in [3.8, 4) is 0 Å². The molecule has 1 aromatic carbocycles. The highest BCUT2D eigenvalue weighted by atomic mass is 35.5. The molecular weight excluding hydrogens is 272 g/mol. The van der Waals surface area contributed by atoms with Crippen molar-refractivity contribution in [1.29, 1.82) is 0 Å². The fourth-order valence-corrected chi connectivity index (χ4v) is 4.58. The van der Waals surface area contributed by atoms with E-state index < -0.39 is 0 Å². The number of hydrogen-bond donors (Lipinski definition) is 1. The summed E-state index contributed by atoms with van der Waals surface area (Å²) in [6, 6.07) is 6.27. The van der Waals surface area contributed by atoms with Gasteiger partial charge >= 0.3 is 0 Å². The van der Waals surface area contributed by atoms with Crippen molar-refractivity contribution in [2.45, 2.75) is 50.6 Å². The van der Waals surface area contributed by atoms with E-state index in [1.54, 1.807) is 0 Å². The lowest BCUT2D eigenvalue weighted by molar-refractivity contribution is -0.118. The van der Waals surface area contributed by atoms with Crippen molar-refractivity contribution in [1.82, 2.24) is 0 Å². The molecule has 0 bridgehead atoms. The van der Waals surface area contributed by atoms with Crippen molar-refractivity contribution in [3.05, 3.63) is 23.2 Å². The first-order chi connectivity index (χ1) is 9.75. The lowest BCUT2D eigenvalue weighted by Crippen LogP contribution is -2.58. The fourth-order valence-electron chi connectivity index (χ4n) is 4.31. The number of fused-ring (bicyclic) bond motifs is 5. The fraction of sp³-hybridized carbons (Fsp3) is 0.562. The van der Waals surface area contributed by atoms with Gasteiger partial charge in [-0.1, -0.05) is 30.5 Å². The Balaban J connectivity index is 1.83. The summed E-state index contributed by atoms with van der Waals surface area (Å²) < 4.78 is 0. The highest BCUT2D eigenvalue weighted by Gasteiger charge is 2.45. The van der Waals surface area contributed by atoms with E-state index in [1.807, 2.05) is 18.2 Å². The Kier molecular flexibility index (Phi) is 2.92. The summed E-state index contributed by atoms with van der Waals surface area (Å²) in [6.45, 7) is 0. The summed E-state index contributed by atoms with van der Waals surface area (Å²) in [5.74, 6) is 0.874. The van der Waals surface area contributed by atoms with E-state index >= 15 is 0 Å². The average Bonchev–Trinajstić information content (AvgIpc) is 2.47. The van der Waals surface area contributed by atoms with Crippen LogP contribution in [-0.2, 0) is 4.79 Å². The molecule has 2 fully saturated rings. The first-order valence-corrected chi connectivity index (χ1v) is 8.01. The Morgan fingerprint density at radius 2 is 2.00 bits per heavy atom. The van der Waals surface area contributed by atoms with Crippen molar-refractivity contribution in [2.24, 2.45) is 5.92 Å². The van der Waals surface area contributed by atoms with Crippen molar-refractivity contribution in [3.63, 3.8) is 0 Å². The molecule has 2 heterocycles. The predicted molar refractivity (Wildman–Crippen MR) is 81.3 cm³/mol. The Bertz CT molecular complexity index is 559. The molecule has 1 amide bonds. The number of para-hydroxylation sites is 1. The molecule has 1 aliphatic carbocycles. The van der Waals surface area contributed by atoms with Crippen molar-refractivity contribution < 1.29 is 4.79 Å². The molecule has 1 saturated heterocycles. The largest absolute Gasteiger partial charge is 0.353 e. The smallest absolute Gasteiger partial charge is 0.247 e. The second-order valence-electron chi connectivity index (χ2n) is 6.24. The van der Waals surface area contributed by atoms with E-state index in [0.717, 1.165) is 28.7 Å². The second-order valence-corrected chi connectivity index (χ2v) is 6.64. The van der Waals surface area contributed by atoms with E-state index in [0.29, 0.717) is 6.04 Å².